The van der Waals surface area contributed by atoms with E-state index < -0.39 is 0 Å². The lowest BCUT2D eigenvalue weighted by Crippen LogP contribution is -2.01. The first kappa shape index (κ1) is 13.9. The quantitative estimate of drug-likeness (QED) is 0.732. The van der Waals surface area contributed by atoms with Gasteiger partial charge >= 0.3 is 0 Å². The summed E-state index contributed by atoms with van der Waals surface area (Å²) in [5.74, 6) is 1.16. The van der Waals surface area contributed by atoms with Crippen LogP contribution in [0, 0.1) is 0 Å². The molecule has 0 atom stereocenters. The lowest BCUT2D eigenvalue weighted by Gasteiger charge is -2.13. The summed E-state index contributed by atoms with van der Waals surface area (Å²) in [4.78, 5) is 0. The molecule has 0 aliphatic rings. The summed E-state index contributed by atoms with van der Waals surface area (Å²) < 4.78 is 10.4. The molecule has 2 rings (SSSR count). The Morgan fingerprint density at radius 1 is 0.950 bits per heavy atom. The van der Waals surface area contributed by atoms with E-state index in [4.69, 9.17) is 9.47 Å². The minimum absolute atomic E-state index is 0.132. The maximum atomic E-state index is 9.46. The fourth-order valence-corrected chi connectivity index (χ4v) is 1.83. The minimum atomic E-state index is -0.137. The molecule has 106 valence electrons. The van der Waals surface area contributed by atoms with Crippen LogP contribution in [-0.2, 0) is 6.54 Å². The van der Waals surface area contributed by atoms with Crippen molar-refractivity contribution >= 4 is 5.69 Å². The Morgan fingerprint density at radius 2 is 1.75 bits per heavy atom. The predicted octanol–water partition coefficient (Wildman–Crippen LogP) is 2.73. The Morgan fingerprint density at radius 3 is 2.40 bits per heavy atom. The van der Waals surface area contributed by atoms with Gasteiger partial charge in [0.05, 0.1) is 19.9 Å². The number of rotatable bonds is 5. The van der Waals surface area contributed by atoms with Gasteiger partial charge in [-0.25, -0.2) is 0 Å². The number of anilines is 1. The van der Waals surface area contributed by atoms with Crippen LogP contribution in [0.3, 0.4) is 0 Å². The Kier molecular flexibility index (Phi) is 4.20. The third-order valence-electron chi connectivity index (χ3n) is 2.93. The van der Waals surface area contributed by atoms with E-state index in [1.165, 1.54) is 12.1 Å². The fraction of sp³-hybridized carbons (Fsp3) is 0.200. The molecular weight excluding hydrogens is 258 g/mol. The highest BCUT2D eigenvalue weighted by molar-refractivity contribution is 5.60. The van der Waals surface area contributed by atoms with Crippen LogP contribution in [0.25, 0.3) is 0 Å². The molecule has 2 aromatic rings. The Bertz CT molecular complexity index is 598. The van der Waals surface area contributed by atoms with Gasteiger partial charge in [0.25, 0.3) is 0 Å². The number of aromatic hydroxyl groups is 2. The molecule has 0 amide bonds. The molecule has 0 aromatic heterocycles. The van der Waals surface area contributed by atoms with E-state index in [9.17, 15) is 10.2 Å². The molecule has 0 spiro atoms. The molecule has 0 saturated carbocycles. The van der Waals surface area contributed by atoms with Crippen LogP contribution >= 0.6 is 0 Å². The number of phenols is 2. The van der Waals surface area contributed by atoms with E-state index in [1.54, 1.807) is 20.3 Å². The van der Waals surface area contributed by atoms with E-state index in [1.807, 2.05) is 18.2 Å². The van der Waals surface area contributed by atoms with Crippen LogP contribution in [-0.4, -0.2) is 24.4 Å². The summed E-state index contributed by atoms with van der Waals surface area (Å²) >= 11 is 0. The highest BCUT2D eigenvalue weighted by Crippen LogP contribution is 2.30. The van der Waals surface area contributed by atoms with Gasteiger partial charge in [-0.15, -0.1) is 0 Å². The summed E-state index contributed by atoms with van der Waals surface area (Å²) in [7, 11) is 3.20. The first-order valence-electron chi connectivity index (χ1n) is 6.11. The minimum Gasteiger partial charge on any atom is -0.504 e. The highest BCUT2D eigenvalue weighted by Gasteiger charge is 2.06. The van der Waals surface area contributed by atoms with Gasteiger partial charge in [0.1, 0.15) is 11.5 Å². The molecule has 5 heteroatoms. The largest absolute Gasteiger partial charge is 0.504 e. The third kappa shape index (κ3) is 3.06. The molecule has 3 N–H and O–H groups in total. The summed E-state index contributed by atoms with van der Waals surface area (Å²) in [6.07, 6.45) is 0. The van der Waals surface area contributed by atoms with Crippen LogP contribution < -0.4 is 14.8 Å². The maximum absolute atomic E-state index is 9.46. The Hall–Kier alpha value is -2.56. The molecule has 0 unspecified atom stereocenters. The lowest BCUT2D eigenvalue weighted by molar-refractivity contribution is 0.403. The van der Waals surface area contributed by atoms with Gasteiger partial charge in [0.15, 0.2) is 11.5 Å². The molecule has 0 aliphatic heterocycles. The molecule has 0 radical (unpaired) electrons. The lowest BCUT2D eigenvalue weighted by atomic mass is 10.2. The van der Waals surface area contributed by atoms with Crippen LogP contribution in [0.2, 0.25) is 0 Å². The second-order valence-electron chi connectivity index (χ2n) is 4.24. The summed E-state index contributed by atoms with van der Waals surface area (Å²) in [5, 5.41) is 21.9. The predicted molar refractivity (Wildman–Crippen MR) is 76.6 cm³/mol. The van der Waals surface area contributed by atoms with E-state index >= 15 is 0 Å². The van der Waals surface area contributed by atoms with Gasteiger partial charge in [0, 0.05) is 12.6 Å². The molecular formula is C15H17NO4. The van der Waals surface area contributed by atoms with Gasteiger partial charge in [-0.1, -0.05) is 6.07 Å². The second-order valence-corrected chi connectivity index (χ2v) is 4.24. The van der Waals surface area contributed by atoms with Crippen molar-refractivity contribution in [3.05, 3.63) is 42.0 Å². The van der Waals surface area contributed by atoms with Crippen molar-refractivity contribution in [2.24, 2.45) is 0 Å². The van der Waals surface area contributed by atoms with Crippen molar-refractivity contribution < 1.29 is 19.7 Å². The Labute approximate surface area is 117 Å². The standard InChI is InChI=1S/C15H17NO4/c1-19-11-4-6-15(20-2)12(8-11)16-9-10-3-5-13(17)14(18)7-10/h3-8,16-18H,9H2,1-2H3. The van der Waals surface area contributed by atoms with Crippen LogP contribution in [0.15, 0.2) is 36.4 Å². The molecule has 20 heavy (non-hydrogen) atoms. The zero-order valence-corrected chi connectivity index (χ0v) is 11.4. The van der Waals surface area contributed by atoms with E-state index in [-0.39, 0.29) is 11.5 Å². The zero-order valence-electron chi connectivity index (χ0n) is 11.4. The summed E-state index contributed by atoms with van der Waals surface area (Å²) in [6.45, 7) is 0.483. The molecule has 0 aliphatic carbocycles. The highest BCUT2D eigenvalue weighted by atomic mass is 16.5. The van der Waals surface area contributed by atoms with Crippen molar-refractivity contribution in [1.29, 1.82) is 0 Å². The van der Waals surface area contributed by atoms with Gasteiger partial charge in [-0.3, -0.25) is 0 Å². The SMILES string of the molecule is COc1ccc(OC)c(NCc2ccc(O)c(O)c2)c1. The zero-order chi connectivity index (χ0) is 14.5. The topological polar surface area (TPSA) is 71.0 Å². The van der Waals surface area contributed by atoms with Crippen LogP contribution in [0.4, 0.5) is 5.69 Å². The first-order valence-corrected chi connectivity index (χ1v) is 6.11. The second kappa shape index (κ2) is 6.06. The van der Waals surface area contributed by atoms with Crippen molar-refractivity contribution in [3.63, 3.8) is 0 Å². The van der Waals surface area contributed by atoms with E-state index in [0.717, 1.165) is 17.0 Å². The number of nitrogens with one attached hydrogen (secondary N) is 1. The van der Waals surface area contributed by atoms with Gasteiger partial charge in [-0.2, -0.15) is 0 Å². The monoisotopic (exact) mass is 275 g/mol. The number of benzene rings is 2. The van der Waals surface area contributed by atoms with E-state index in [2.05, 4.69) is 5.32 Å². The molecule has 2 aromatic carbocycles. The molecule has 5 nitrogen and oxygen atoms in total. The normalized spacial score (nSPS) is 10.1. The number of hydrogen-bond donors (Lipinski definition) is 3. The van der Waals surface area contributed by atoms with E-state index in [0.29, 0.717) is 12.3 Å². The van der Waals surface area contributed by atoms with Crippen molar-refractivity contribution in [1.82, 2.24) is 0 Å². The van der Waals surface area contributed by atoms with Crippen molar-refractivity contribution in [3.8, 4) is 23.0 Å². The van der Waals surface area contributed by atoms with Crippen molar-refractivity contribution in [2.45, 2.75) is 6.54 Å². The Balaban J connectivity index is 2.15. The first-order chi connectivity index (χ1) is 9.63. The van der Waals surface area contributed by atoms with Gasteiger partial charge in [0.2, 0.25) is 0 Å². The number of ether oxygens (including phenoxy) is 2. The number of phenolic OH excluding ortho intramolecular Hbond substituents is 2. The fourth-order valence-electron chi connectivity index (χ4n) is 1.83. The molecule has 0 heterocycles. The number of hydrogen-bond acceptors (Lipinski definition) is 5. The average molecular weight is 275 g/mol. The smallest absolute Gasteiger partial charge is 0.157 e. The van der Waals surface area contributed by atoms with Crippen LogP contribution in [0.1, 0.15) is 5.56 Å². The van der Waals surface area contributed by atoms with Gasteiger partial charge in [-0.05, 0) is 29.8 Å². The molecule has 0 saturated heterocycles. The van der Waals surface area contributed by atoms with Crippen molar-refractivity contribution in [2.75, 3.05) is 19.5 Å². The third-order valence-corrected chi connectivity index (χ3v) is 2.93. The summed E-state index contributed by atoms with van der Waals surface area (Å²) in [5.41, 5.74) is 1.63. The average Bonchev–Trinajstić information content (AvgIpc) is 2.48. The molecule has 0 bridgehead atoms. The maximum Gasteiger partial charge on any atom is 0.157 e. The van der Waals surface area contributed by atoms with Gasteiger partial charge < -0.3 is 25.0 Å². The van der Waals surface area contributed by atoms with Crippen LogP contribution in [0.5, 0.6) is 23.0 Å². The summed E-state index contributed by atoms with van der Waals surface area (Å²) in [6, 6.07) is 10.2. The molecule has 0 fully saturated rings. The number of methoxy groups -OCH3 is 2.